The number of aromatic nitrogens is 2. The van der Waals surface area contributed by atoms with Crippen molar-refractivity contribution in [3.63, 3.8) is 0 Å². The first-order valence-electron chi connectivity index (χ1n) is 8.13. The van der Waals surface area contributed by atoms with Crippen LogP contribution in [-0.2, 0) is 20.0 Å². The molecular formula is C17H23ClF2IN5O. The molecule has 0 fully saturated rings. The highest BCUT2D eigenvalue weighted by Gasteiger charge is 2.11. The van der Waals surface area contributed by atoms with Gasteiger partial charge in [0.05, 0.1) is 6.20 Å². The number of alkyl halides is 2. The largest absolute Gasteiger partial charge is 0.434 e. The molecule has 0 saturated heterocycles. The van der Waals surface area contributed by atoms with E-state index in [4.69, 9.17) is 11.6 Å². The van der Waals surface area contributed by atoms with Gasteiger partial charge in [-0.05, 0) is 36.6 Å². The molecule has 27 heavy (non-hydrogen) atoms. The lowest BCUT2D eigenvalue weighted by Crippen LogP contribution is -2.37. The van der Waals surface area contributed by atoms with Crippen molar-refractivity contribution in [3.05, 3.63) is 46.7 Å². The molecular weight excluding hydrogens is 491 g/mol. The van der Waals surface area contributed by atoms with E-state index in [9.17, 15) is 8.78 Å². The molecule has 2 rings (SSSR count). The van der Waals surface area contributed by atoms with Gasteiger partial charge in [0.15, 0.2) is 5.96 Å². The number of guanidine groups is 1. The van der Waals surface area contributed by atoms with E-state index in [1.54, 1.807) is 17.8 Å². The van der Waals surface area contributed by atoms with Crippen molar-refractivity contribution < 1.29 is 13.5 Å². The van der Waals surface area contributed by atoms with E-state index in [0.29, 0.717) is 23.1 Å². The maximum atomic E-state index is 12.5. The molecule has 0 amide bonds. The third-order valence-corrected chi connectivity index (χ3v) is 3.84. The number of ether oxygens (including phenoxy) is 1. The van der Waals surface area contributed by atoms with E-state index in [1.165, 1.54) is 17.7 Å². The van der Waals surface area contributed by atoms with Crippen LogP contribution in [-0.4, -0.2) is 35.9 Å². The Hall–Kier alpha value is -1.62. The van der Waals surface area contributed by atoms with Gasteiger partial charge in [-0.25, -0.2) is 0 Å². The normalized spacial score (nSPS) is 11.3. The van der Waals surface area contributed by atoms with E-state index in [0.717, 1.165) is 12.8 Å². The van der Waals surface area contributed by atoms with Crippen LogP contribution in [0.3, 0.4) is 0 Å². The van der Waals surface area contributed by atoms with Gasteiger partial charge in [0.1, 0.15) is 5.75 Å². The Bertz CT molecular complexity index is 742. The zero-order valence-corrected chi connectivity index (χ0v) is 18.2. The third-order valence-electron chi connectivity index (χ3n) is 3.60. The first kappa shape index (κ1) is 23.4. The van der Waals surface area contributed by atoms with Crippen molar-refractivity contribution in [1.82, 2.24) is 20.4 Å². The molecule has 1 aromatic heterocycles. The Kier molecular flexibility index (Phi) is 10.4. The van der Waals surface area contributed by atoms with Gasteiger partial charge in [-0.2, -0.15) is 13.9 Å². The minimum absolute atomic E-state index is 0. The van der Waals surface area contributed by atoms with E-state index >= 15 is 0 Å². The average molecular weight is 514 g/mol. The van der Waals surface area contributed by atoms with Gasteiger partial charge >= 0.3 is 6.61 Å². The Morgan fingerprint density at radius 2 is 2.15 bits per heavy atom. The summed E-state index contributed by atoms with van der Waals surface area (Å²) < 4.78 is 31.3. The maximum Gasteiger partial charge on any atom is 0.387 e. The number of aryl methyl sites for hydroxylation is 2. The summed E-state index contributed by atoms with van der Waals surface area (Å²) in [5.41, 5.74) is 1.70. The summed E-state index contributed by atoms with van der Waals surface area (Å²) in [6.07, 6.45) is 5.63. The van der Waals surface area contributed by atoms with Crippen LogP contribution >= 0.6 is 35.6 Å². The van der Waals surface area contributed by atoms with Crippen molar-refractivity contribution >= 4 is 41.5 Å². The number of nitrogens with zero attached hydrogens (tertiary/aromatic N) is 3. The summed E-state index contributed by atoms with van der Waals surface area (Å²) in [7, 11) is 3.53. The second kappa shape index (κ2) is 12.0. The Morgan fingerprint density at radius 3 is 2.78 bits per heavy atom. The molecule has 1 heterocycles. The standard InChI is InChI=1S/C17H22ClF2N5O.HI/c1-21-17(22-7-3-4-12-9-24-25(2)11-12)23-10-13-8-14(18)5-6-15(13)26-16(19)20;/h5-6,8-9,11,16H,3-4,7,10H2,1-2H3,(H2,21,22,23);1H. The number of hydrogen-bond acceptors (Lipinski definition) is 3. The number of hydrogen-bond donors (Lipinski definition) is 2. The fourth-order valence-corrected chi connectivity index (χ4v) is 2.59. The van der Waals surface area contributed by atoms with Crippen LogP contribution in [0.2, 0.25) is 5.02 Å². The molecule has 0 saturated carbocycles. The van der Waals surface area contributed by atoms with Crippen LogP contribution in [0.15, 0.2) is 35.6 Å². The number of rotatable bonds is 8. The first-order chi connectivity index (χ1) is 12.5. The summed E-state index contributed by atoms with van der Waals surface area (Å²) in [6.45, 7) is -1.92. The number of benzene rings is 1. The molecule has 0 bridgehead atoms. The van der Waals surface area contributed by atoms with E-state index < -0.39 is 6.61 Å². The van der Waals surface area contributed by atoms with E-state index in [-0.39, 0.29) is 36.3 Å². The Morgan fingerprint density at radius 1 is 1.37 bits per heavy atom. The van der Waals surface area contributed by atoms with Crippen molar-refractivity contribution in [2.24, 2.45) is 12.0 Å². The monoisotopic (exact) mass is 513 g/mol. The van der Waals surface area contributed by atoms with E-state index in [1.807, 2.05) is 19.4 Å². The van der Waals surface area contributed by atoms with Crippen molar-refractivity contribution in [1.29, 1.82) is 0 Å². The van der Waals surface area contributed by atoms with Crippen LogP contribution in [0, 0.1) is 0 Å². The van der Waals surface area contributed by atoms with Crippen molar-refractivity contribution in [2.45, 2.75) is 26.0 Å². The lowest BCUT2D eigenvalue weighted by molar-refractivity contribution is -0.0504. The van der Waals surface area contributed by atoms with Crippen LogP contribution in [0.4, 0.5) is 8.78 Å². The van der Waals surface area contributed by atoms with Gasteiger partial charge < -0.3 is 15.4 Å². The first-order valence-corrected chi connectivity index (χ1v) is 8.51. The highest BCUT2D eigenvalue weighted by atomic mass is 127. The zero-order valence-electron chi connectivity index (χ0n) is 15.1. The number of halogens is 4. The molecule has 0 radical (unpaired) electrons. The summed E-state index contributed by atoms with van der Waals surface area (Å²) in [6, 6.07) is 4.52. The van der Waals surface area contributed by atoms with Crippen LogP contribution < -0.4 is 15.4 Å². The fourth-order valence-electron chi connectivity index (χ4n) is 2.40. The van der Waals surface area contributed by atoms with Crippen LogP contribution in [0.5, 0.6) is 5.75 Å². The molecule has 6 nitrogen and oxygen atoms in total. The predicted octanol–water partition coefficient (Wildman–Crippen LogP) is 3.59. The molecule has 0 atom stereocenters. The summed E-state index contributed by atoms with van der Waals surface area (Å²) in [5.74, 6) is 0.656. The lowest BCUT2D eigenvalue weighted by atomic mass is 10.2. The van der Waals surface area contributed by atoms with Gasteiger partial charge in [0, 0.05) is 44.0 Å². The lowest BCUT2D eigenvalue weighted by Gasteiger charge is -2.14. The highest BCUT2D eigenvalue weighted by Crippen LogP contribution is 2.24. The van der Waals surface area contributed by atoms with Crippen molar-refractivity contribution in [3.8, 4) is 5.75 Å². The molecule has 0 aliphatic carbocycles. The van der Waals surface area contributed by atoms with Gasteiger partial charge in [-0.15, -0.1) is 24.0 Å². The Labute approximate surface area is 179 Å². The molecule has 2 N–H and O–H groups in total. The smallest absolute Gasteiger partial charge is 0.387 e. The summed E-state index contributed by atoms with van der Waals surface area (Å²) in [5, 5.41) is 10.8. The average Bonchev–Trinajstić information content (AvgIpc) is 3.01. The quantitative estimate of drug-likeness (QED) is 0.245. The van der Waals surface area contributed by atoms with E-state index in [2.05, 4.69) is 25.5 Å². The highest BCUT2D eigenvalue weighted by molar-refractivity contribution is 14.0. The SMILES string of the molecule is CN=C(NCCCc1cnn(C)c1)NCc1cc(Cl)ccc1OC(F)F.I. The molecule has 0 aliphatic rings. The summed E-state index contributed by atoms with van der Waals surface area (Å²) in [4.78, 5) is 4.12. The molecule has 150 valence electrons. The second-order valence-corrected chi connectivity index (χ2v) is 6.05. The third kappa shape index (κ3) is 8.29. The topological polar surface area (TPSA) is 63.5 Å². The molecule has 1 aromatic carbocycles. The molecule has 0 aliphatic heterocycles. The molecule has 2 aromatic rings. The molecule has 10 heteroatoms. The van der Waals surface area contributed by atoms with Crippen LogP contribution in [0.25, 0.3) is 0 Å². The van der Waals surface area contributed by atoms with Crippen molar-refractivity contribution in [2.75, 3.05) is 13.6 Å². The minimum atomic E-state index is -2.89. The fraction of sp³-hybridized carbons (Fsp3) is 0.412. The molecule has 0 unspecified atom stereocenters. The predicted molar refractivity (Wildman–Crippen MR) is 113 cm³/mol. The summed E-state index contributed by atoms with van der Waals surface area (Å²) >= 11 is 5.94. The minimum Gasteiger partial charge on any atom is -0.434 e. The number of aliphatic imine (C=N–C) groups is 1. The molecule has 0 spiro atoms. The van der Waals surface area contributed by atoms with Gasteiger partial charge in [-0.1, -0.05) is 11.6 Å². The van der Waals surface area contributed by atoms with Gasteiger partial charge in [0.2, 0.25) is 0 Å². The second-order valence-electron chi connectivity index (χ2n) is 5.61. The number of nitrogens with one attached hydrogen (secondary N) is 2. The maximum absolute atomic E-state index is 12.5. The van der Waals surface area contributed by atoms with Gasteiger partial charge in [0.25, 0.3) is 0 Å². The van der Waals surface area contributed by atoms with Crippen LogP contribution in [0.1, 0.15) is 17.5 Å². The van der Waals surface area contributed by atoms with Gasteiger partial charge in [-0.3, -0.25) is 9.67 Å². The zero-order chi connectivity index (χ0) is 18.9. The Balaban J connectivity index is 0.00000364.